The zero-order valence-corrected chi connectivity index (χ0v) is 24.2. The summed E-state index contributed by atoms with van der Waals surface area (Å²) in [5.41, 5.74) is 4.05. The maximum absolute atomic E-state index is 13.3. The van der Waals surface area contributed by atoms with Crippen LogP contribution in [0.15, 0.2) is 66.9 Å². The second-order valence-corrected chi connectivity index (χ2v) is 9.87. The van der Waals surface area contributed by atoms with Crippen LogP contribution < -0.4 is 30.2 Å². The van der Waals surface area contributed by atoms with Gasteiger partial charge in [0.05, 0.1) is 49.8 Å². The Balaban J connectivity index is 1.28. The lowest BCUT2D eigenvalue weighted by molar-refractivity contribution is 0.0949. The van der Waals surface area contributed by atoms with Crippen molar-refractivity contribution in [2.24, 2.45) is 0 Å². The summed E-state index contributed by atoms with van der Waals surface area (Å²) < 4.78 is 20.5. The molecule has 0 bridgehead atoms. The number of nitrogens with one attached hydrogen (secondary N) is 3. The molecule has 0 radical (unpaired) electrons. The Bertz CT molecular complexity index is 1750. The van der Waals surface area contributed by atoms with Crippen molar-refractivity contribution in [3.8, 4) is 17.2 Å². The first-order valence-electron chi connectivity index (χ1n) is 12.8. The molecule has 0 aliphatic heterocycles. The van der Waals surface area contributed by atoms with Crippen LogP contribution in [0.4, 0.5) is 16.5 Å². The average molecular weight is 585 g/mol. The Labute approximate surface area is 246 Å². The molecule has 0 atom stereocenters. The molecule has 0 aliphatic rings. The van der Waals surface area contributed by atoms with Crippen LogP contribution in [0.3, 0.4) is 0 Å². The molecule has 0 saturated carbocycles. The topological polar surface area (TPSA) is 137 Å². The second-order valence-electron chi connectivity index (χ2n) is 9.09. The number of fused-ring (bicyclic) bond motifs is 1. The maximum Gasteiger partial charge on any atom is 0.260 e. The minimum atomic E-state index is -0.368. The van der Waals surface area contributed by atoms with Crippen molar-refractivity contribution in [2.75, 3.05) is 32.0 Å². The van der Waals surface area contributed by atoms with Gasteiger partial charge in [-0.05, 0) is 66.5 Å². The highest BCUT2D eigenvalue weighted by molar-refractivity contribution is 7.10. The molecule has 3 N–H and O–H groups in total. The first-order chi connectivity index (χ1) is 20.4. The molecule has 2 heterocycles. The van der Waals surface area contributed by atoms with E-state index in [-0.39, 0.29) is 18.4 Å². The number of methoxy groups -OCH3 is 3. The molecule has 12 heteroatoms. The maximum atomic E-state index is 13.3. The fourth-order valence-corrected chi connectivity index (χ4v) is 5.11. The smallest absolute Gasteiger partial charge is 0.260 e. The number of aryl methyl sites for hydroxylation is 1. The van der Waals surface area contributed by atoms with Crippen molar-refractivity contribution in [1.82, 2.24) is 19.7 Å². The van der Waals surface area contributed by atoms with Crippen molar-refractivity contribution in [3.63, 3.8) is 0 Å². The third-order valence-electron chi connectivity index (χ3n) is 6.34. The first-order valence-corrected chi connectivity index (χ1v) is 13.6. The predicted molar refractivity (Wildman–Crippen MR) is 161 cm³/mol. The summed E-state index contributed by atoms with van der Waals surface area (Å²) in [6, 6.07) is 17.8. The van der Waals surface area contributed by atoms with Gasteiger partial charge in [-0.15, -0.1) is 0 Å². The van der Waals surface area contributed by atoms with Gasteiger partial charge in [0, 0.05) is 17.8 Å². The lowest BCUT2D eigenvalue weighted by Gasteiger charge is -2.14. The number of carbonyl (C=O) groups is 2. The first kappa shape index (κ1) is 28.3. The Morgan fingerprint density at radius 1 is 0.881 bits per heavy atom. The monoisotopic (exact) mass is 584 g/mol. The molecule has 214 valence electrons. The Kier molecular flexibility index (Phi) is 8.44. The van der Waals surface area contributed by atoms with E-state index in [2.05, 4.69) is 30.3 Å². The average Bonchev–Trinajstić information content (AvgIpc) is 3.38. The van der Waals surface area contributed by atoms with Crippen LogP contribution in [0.1, 0.15) is 32.0 Å². The Morgan fingerprint density at radius 3 is 2.33 bits per heavy atom. The van der Waals surface area contributed by atoms with E-state index in [1.165, 1.54) is 21.3 Å². The van der Waals surface area contributed by atoms with Crippen molar-refractivity contribution >= 4 is 50.9 Å². The van der Waals surface area contributed by atoms with Gasteiger partial charge in [-0.2, -0.15) is 4.37 Å². The van der Waals surface area contributed by atoms with Gasteiger partial charge in [-0.1, -0.05) is 18.2 Å². The minimum absolute atomic E-state index is 0.221. The number of carbonyl (C=O) groups excluding carboxylic acids is 2. The van der Waals surface area contributed by atoms with Crippen molar-refractivity contribution in [2.45, 2.75) is 13.5 Å². The third kappa shape index (κ3) is 6.08. The van der Waals surface area contributed by atoms with Crippen LogP contribution in [0.2, 0.25) is 0 Å². The Morgan fingerprint density at radius 2 is 1.62 bits per heavy atom. The number of nitrogens with zero attached hydrogens (tertiary/aromatic N) is 3. The molecule has 0 unspecified atom stereocenters. The summed E-state index contributed by atoms with van der Waals surface area (Å²) >= 11 is 1.16. The van der Waals surface area contributed by atoms with Gasteiger partial charge in [0.25, 0.3) is 11.8 Å². The summed E-state index contributed by atoms with van der Waals surface area (Å²) in [7, 11) is 4.59. The van der Waals surface area contributed by atoms with E-state index in [4.69, 9.17) is 14.2 Å². The van der Waals surface area contributed by atoms with Gasteiger partial charge in [0.2, 0.25) is 5.75 Å². The number of para-hydroxylation sites is 2. The Hall–Kier alpha value is -5.23. The molecular weight excluding hydrogens is 556 g/mol. The summed E-state index contributed by atoms with van der Waals surface area (Å²) in [5.74, 6) is 1.27. The number of hydrogen-bond acceptors (Lipinski definition) is 10. The van der Waals surface area contributed by atoms with Gasteiger partial charge < -0.3 is 30.2 Å². The van der Waals surface area contributed by atoms with E-state index in [0.29, 0.717) is 50.6 Å². The van der Waals surface area contributed by atoms with Crippen molar-refractivity contribution < 1.29 is 23.8 Å². The number of benzene rings is 3. The van der Waals surface area contributed by atoms with E-state index in [1.54, 1.807) is 49.5 Å². The van der Waals surface area contributed by atoms with Gasteiger partial charge in [-0.25, -0.2) is 4.98 Å². The molecule has 0 aliphatic carbocycles. The molecule has 11 nitrogen and oxygen atoms in total. The van der Waals surface area contributed by atoms with E-state index in [1.807, 2.05) is 24.3 Å². The highest BCUT2D eigenvalue weighted by Gasteiger charge is 2.20. The molecular formula is C30H28N6O5S. The third-order valence-corrected chi connectivity index (χ3v) is 7.19. The molecule has 0 spiro atoms. The van der Waals surface area contributed by atoms with Crippen LogP contribution in [-0.2, 0) is 6.54 Å². The lowest BCUT2D eigenvalue weighted by Crippen LogP contribution is -2.23. The standard InChI is InChI=1S/C30H28N6O5S/c1-17-26(30(42-36-17)35-25-16-31-21-10-5-6-11-22(21)34-25)29(38)33-20-9-7-8-19(14-20)28(37)32-15-18-12-23(39-2)27(41-4)24(13-18)40-3/h5-14,16H,15H2,1-4H3,(H,32,37)(H,33,38)(H,34,35). The zero-order chi connectivity index (χ0) is 29.6. The fourth-order valence-electron chi connectivity index (χ4n) is 4.31. The van der Waals surface area contributed by atoms with Gasteiger partial charge in [0.1, 0.15) is 10.8 Å². The van der Waals surface area contributed by atoms with E-state index < -0.39 is 0 Å². The number of ether oxygens (including phenoxy) is 3. The zero-order valence-electron chi connectivity index (χ0n) is 23.3. The molecule has 5 aromatic rings. The number of amides is 2. The fraction of sp³-hybridized carbons (Fsp3) is 0.167. The highest BCUT2D eigenvalue weighted by Crippen LogP contribution is 2.38. The van der Waals surface area contributed by atoms with Gasteiger partial charge in [0.15, 0.2) is 11.5 Å². The quantitative estimate of drug-likeness (QED) is 0.198. The van der Waals surface area contributed by atoms with Crippen LogP contribution in [-0.4, -0.2) is 47.5 Å². The molecule has 3 aromatic carbocycles. The second kappa shape index (κ2) is 12.5. The number of aromatic nitrogens is 3. The van der Waals surface area contributed by atoms with E-state index >= 15 is 0 Å². The van der Waals surface area contributed by atoms with Crippen molar-refractivity contribution in [1.29, 1.82) is 0 Å². The van der Waals surface area contributed by atoms with Crippen LogP contribution >= 0.6 is 11.5 Å². The number of anilines is 3. The predicted octanol–water partition coefficient (Wildman–Crippen LogP) is 5.35. The SMILES string of the molecule is COc1cc(CNC(=O)c2cccc(NC(=O)c3c(C)nsc3Nc3cnc4ccccc4n3)c2)cc(OC)c1OC. The molecule has 0 saturated heterocycles. The molecule has 0 fully saturated rings. The summed E-state index contributed by atoms with van der Waals surface area (Å²) in [5, 5.41) is 9.47. The van der Waals surface area contributed by atoms with Gasteiger partial charge >= 0.3 is 0 Å². The largest absolute Gasteiger partial charge is 0.493 e. The highest BCUT2D eigenvalue weighted by atomic mass is 32.1. The molecule has 2 amide bonds. The lowest BCUT2D eigenvalue weighted by atomic mass is 10.1. The van der Waals surface area contributed by atoms with Crippen LogP contribution in [0.25, 0.3) is 11.0 Å². The van der Waals surface area contributed by atoms with Crippen LogP contribution in [0.5, 0.6) is 17.2 Å². The van der Waals surface area contributed by atoms with E-state index in [0.717, 1.165) is 28.1 Å². The molecule has 2 aromatic heterocycles. The van der Waals surface area contributed by atoms with Crippen molar-refractivity contribution in [3.05, 3.63) is 89.2 Å². The molecule has 5 rings (SSSR count). The minimum Gasteiger partial charge on any atom is -0.493 e. The van der Waals surface area contributed by atoms with Gasteiger partial charge in [-0.3, -0.25) is 14.6 Å². The normalized spacial score (nSPS) is 10.7. The van der Waals surface area contributed by atoms with Crippen LogP contribution in [0, 0.1) is 6.92 Å². The van der Waals surface area contributed by atoms with E-state index in [9.17, 15) is 9.59 Å². The molecule has 42 heavy (non-hydrogen) atoms. The number of hydrogen-bond donors (Lipinski definition) is 3. The summed E-state index contributed by atoms with van der Waals surface area (Å²) in [4.78, 5) is 35.3. The summed E-state index contributed by atoms with van der Waals surface area (Å²) in [6.07, 6.45) is 1.61. The number of rotatable bonds is 10. The summed E-state index contributed by atoms with van der Waals surface area (Å²) in [6.45, 7) is 1.98.